The molecule has 0 spiro atoms. The first-order chi connectivity index (χ1) is 5.88. The van der Waals surface area contributed by atoms with Gasteiger partial charge in [-0.3, -0.25) is 0 Å². The van der Waals surface area contributed by atoms with Gasteiger partial charge in [0.15, 0.2) is 0 Å². The van der Waals surface area contributed by atoms with E-state index in [-0.39, 0.29) is 7.69 Å². The van der Waals surface area contributed by atoms with Gasteiger partial charge >= 0.3 is 7.69 Å². The fourth-order valence-electron chi connectivity index (χ4n) is 0.995. The first-order valence-electron chi connectivity index (χ1n) is 3.50. The summed E-state index contributed by atoms with van der Waals surface area (Å²) in [6.07, 6.45) is 1.95. The number of hydrogen-bond acceptors (Lipinski definition) is 2. The van der Waals surface area contributed by atoms with Crippen molar-refractivity contribution in [3.05, 3.63) is 36.5 Å². The van der Waals surface area contributed by atoms with Crippen molar-refractivity contribution in [2.75, 3.05) is 0 Å². The Labute approximate surface area is 71.0 Å². The maximum Gasteiger partial charge on any atom is 0.482 e. The summed E-state index contributed by atoms with van der Waals surface area (Å²) in [5.41, 5.74) is 1.21. The van der Waals surface area contributed by atoms with Gasteiger partial charge in [0.05, 0.1) is 0 Å². The van der Waals surface area contributed by atoms with Crippen molar-refractivity contribution in [3.63, 3.8) is 0 Å². The summed E-state index contributed by atoms with van der Waals surface area (Å²) >= 11 is 0. The van der Waals surface area contributed by atoms with E-state index in [4.69, 9.17) is 10.0 Å². The highest BCUT2D eigenvalue weighted by atomic mass is 16.4. The van der Waals surface area contributed by atoms with Crippen LogP contribution in [0.4, 0.5) is 0 Å². The summed E-state index contributed by atoms with van der Waals surface area (Å²) in [6.45, 7) is 0. The number of para-hydroxylation sites is 1. The van der Waals surface area contributed by atoms with Gasteiger partial charge in [-0.15, -0.1) is 0 Å². The van der Waals surface area contributed by atoms with E-state index in [2.05, 4.69) is 23.2 Å². The van der Waals surface area contributed by atoms with E-state index < -0.39 is 0 Å². The summed E-state index contributed by atoms with van der Waals surface area (Å²) in [5, 5.41) is 15.3. The zero-order chi connectivity index (χ0) is 8.81. The van der Waals surface area contributed by atoms with Gasteiger partial charge in [-0.2, -0.15) is 0 Å². The maximum absolute atomic E-state index is 7.00. The fourth-order valence-corrected chi connectivity index (χ4v) is 0.995. The first-order valence-corrected chi connectivity index (χ1v) is 3.50. The molecule has 0 saturated carbocycles. The molecule has 4 heteroatoms. The molecule has 2 aromatic rings. The Bertz CT molecular complexity index is 304. The summed E-state index contributed by atoms with van der Waals surface area (Å²) in [4.78, 5) is 3.12. The lowest BCUT2D eigenvalue weighted by molar-refractivity contribution is 0.448. The molecule has 12 heavy (non-hydrogen) atoms. The van der Waals surface area contributed by atoms with E-state index >= 15 is 0 Å². The van der Waals surface area contributed by atoms with Crippen molar-refractivity contribution in [3.8, 4) is 0 Å². The van der Waals surface area contributed by atoms with Gasteiger partial charge in [-0.05, 0) is 17.5 Å². The van der Waals surface area contributed by atoms with Crippen molar-refractivity contribution >= 4 is 18.6 Å². The van der Waals surface area contributed by atoms with Crippen LogP contribution in [-0.2, 0) is 0 Å². The molecule has 0 fully saturated rings. The molecular formula is C8H9BNO2. The monoisotopic (exact) mass is 162 g/mol. The number of aromatic nitrogens is 1. The quantitative estimate of drug-likeness (QED) is 0.498. The summed E-state index contributed by atoms with van der Waals surface area (Å²) < 4.78 is 0. The van der Waals surface area contributed by atoms with Crippen LogP contribution < -0.4 is 0 Å². The summed E-state index contributed by atoms with van der Waals surface area (Å²) in [6, 6.07) is 10.3. The van der Waals surface area contributed by atoms with E-state index in [1.54, 1.807) is 0 Å². The van der Waals surface area contributed by atoms with E-state index in [9.17, 15) is 0 Å². The lowest BCUT2D eigenvalue weighted by Gasteiger charge is -1.83. The minimum atomic E-state index is 0. The Morgan fingerprint density at radius 3 is 2.42 bits per heavy atom. The third kappa shape index (κ3) is 2.12. The van der Waals surface area contributed by atoms with Crippen molar-refractivity contribution in [1.29, 1.82) is 0 Å². The molecule has 0 amide bonds. The van der Waals surface area contributed by atoms with Crippen LogP contribution in [0.2, 0.25) is 0 Å². The van der Waals surface area contributed by atoms with E-state index in [1.165, 1.54) is 10.9 Å². The Balaban J connectivity index is 0.000000213. The minimum Gasteiger partial charge on any atom is -0.429 e. The van der Waals surface area contributed by atoms with Gasteiger partial charge in [0.25, 0.3) is 0 Å². The molecule has 0 saturated heterocycles. The number of benzene rings is 1. The van der Waals surface area contributed by atoms with Crippen molar-refractivity contribution < 1.29 is 10.0 Å². The minimum absolute atomic E-state index is 0. The summed E-state index contributed by atoms with van der Waals surface area (Å²) in [5.74, 6) is 0. The zero-order valence-electron chi connectivity index (χ0n) is 6.44. The molecule has 0 aliphatic carbocycles. The van der Waals surface area contributed by atoms with Crippen LogP contribution in [0.15, 0.2) is 36.5 Å². The predicted molar refractivity (Wildman–Crippen MR) is 48.5 cm³/mol. The standard InChI is InChI=1S/C8H7N.BH2O2/c1-2-4-8-7(3-1)5-6-9-8;2-1-3/h1-6,9H;2-3H. The SMILES string of the molecule is O[B]O.c1ccc2[nH]ccc2c1. The van der Waals surface area contributed by atoms with Crippen LogP contribution in [0, 0.1) is 0 Å². The lowest BCUT2D eigenvalue weighted by Crippen LogP contribution is -1.75. The predicted octanol–water partition coefficient (Wildman–Crippen LogP) is 0.673. The second-order valence-corrected chi connectivity index (χ2v) is 2.18. The van der Waals surface area contributed by atoms with Gasteiger partial charge in [-0.25, -0.2) is 0 Å². The lowest BCUT2D eigenvalue weighted by atomic mass is 10.3. The van der Waals surface area contributed by atoms with E-state index in [0.29, 0.717) is 0 Å². The van der Waals surface area contributed by atoms with Gasteiger partial charge in [0.2, 0.25) is 0 Å². The smallest absolute Gasteiger partial charge is 0.429 e. The molecular weight excluding hydrogens is 153 g/mol. The van der Waals surface area contributed by atoms with Gasteiger partial charge in [0.1, 0.15) is 0 Å². The Morgan fingerprint density at radius 2 is 1.75 bits per heavy atom. The van der Waals surface area contributed by atoms with E-state index in [1.807, 2.05) is 18.3 Å². The number of hydrogen-bond donors (Lipinski definition) is 3. The van der Waals surface area contributed by atoms with Gasteiger partial charge < -0.3 is 15.0 Å². The molecule has 1 aromatic heterocycles. The van der Waals surface area contributed by atoms with Crippen LogP contribution in [0.3, 0.4) is 0 Å². The van der Waals surface area contributed by atoms with Crippen molar-refractivity contribution in [2.45, 2.75) is 0 Å². The summed E-state index contributed by atoms with van der Waals surface area (Å²) in [7, 11) is 0. The van der Waals surface area contributed by atoms with Crippen LogP contribution in [0.25, 0.3) is 10.9 Å². The van der Waals surface area contributed by atoms with Crippen LogP contribution in [-0.4, -0.2) is 22.7 Å². The van der Waals surface area contributed by atoms with Crippen LogP contribution in [0.5, 0.6) is 0 Å². The largest absolute Gasteiger partial charge is 0.482 e. The second-order valence-electron chi connectivity index (χ2n) is 2.18. The second kappa shape index (κ2) is 4.59. The normalized spacial score (nSPS) is 8.83. The average molecular weight is 162 g/mol. The molecule has 0 unspecified atom stereocenters. The molecule has 1 aromatic carbocycles. The third-order valence-corrected chi connectivity index (χ3v) is 1.46. The van der Waals surface area contributed by atoms with Gasteiger partial charge in [0, 0.05) is 11.7 Å². The highest BCUT2D eigenvalue weighted by Gasteiger charge is 1.86. The number of rotatable bonds is 0. The molecule has 61 valence electrons. The topological polar surface area (TPSA) is 56.2 Å². The first kappa shape index (κ1) is 8.84. The van der Waals surface area contributed by atoms with E-state index in [0.717, 1.165) is 0 Å². The number of nitrogens with one attached hydrogen (secondary N) is 1. The highest BCUT2D eigenvalue weighted by Crippen LogP contribution is 2.09. The number of H-pyrrole nitrogens is 1. The molecule has 2 rings (SSSR count). The maximum atomic E-state index is 7.00. The average Bonchev–Trinajstić information content (AvgIpc) is 2.52. The van der Waals surface area contributed by atoms with Crippen LogP contribution in [0.1, 0.15) is 0 Å². The number of fused-ring (bicyclic) bond motifs is 1. The Morgan fingerprint density at radius 1 is 1.08 bits per heavy atom. The fraction of sp³-hybridized carbons (Fsp3) is 0. The molecule has 1 radical (unpaired) electrons. The molecule has 0 aliphatic rings. The molecule has 3 N–H and O–H groups in total. The molecule has 1 heterocycles. The van der Waals surface area contributed by atoms with Crippen molar-refractivity contribution in [1.82, 2.24) is 4.98 Å². The number of aromatic amines is 1. The van der Waals surface area contributed by atoms with Crippen LogP contribution >= 0.6 is 0 Å². The van der Waals surface area contributed by atoms with Crippen molar-refractivity contribution in [2.24, 2.45) is 0 Å². The highest BCUT2D eigenvalue weighted by molar-refractivity contribution is 6.13. The zero-order valence-corrected chi connectivity index (χ0v) is 6.44. The molecule has 0 aliphatic heterocycles. The Kier molecular flexibility index (Phi) is 3.38. The molecule has 3 nitrogen and oxygen atoms in total. The Hall–Kier alpha value is -1.26. The molecule has 0 bridgehead atoms. The molecule has 0 atom stereocenters. The van der Waals surface area contributed by atoms with Gasteiger partial charge in [-0.1, -0.05) is 18.2 Å². The third-order valence-electron chi connectivity index (χ3n) is 1.46.